The molecular formula is C19H34IN7. The first-order valence-electron chi connectivity index (χ1n) is 10.4. The van der Waals surface area contributed by atoms with Crippen molar-refractivity contribution < 1.29 is 0 Å². The largest absolute Gasteiger partial charge is 0.354 e. The van der Waals surface area contributed by atoms with E-state index >= 15 is 0 Å². The van der Waals surface area contributed by atoms with E-state index in [1.54, 1.807) is 0 Å². The van der Waals surface area contributed by atoms with Crippen molar-refractivity contribution in [1.29, 1.82) is 0 Å². The molecule has 2 N–H and O–H groups in total. The second kappa shape index (κ2) is 9.54. The Morgan fingerprint density at radius 1 is 1.00 bits per heavy atom. The van der Waals surface area contributed by atoms with Gasteiger partial charge >= 0.3 is 0 Å². The van der Waals surface area contributed by atoms with Gasteiger partial charge in [-0.05, 0) is 45.4 Å². The second-order valence-corrected chi connectivity index (χ2v) is 8.20. The number of nitrogens with one attached hydrogen (secondary N) is 2. The topological polar surface area (TPSA) is 70.4 Å². The maximum Gasteiger partial charge on any atom is 0.192 e. The van der Waals surface area contributed by atoms with Gasteiger partial charge in [0.05, 0.1) is 0 Å². The summed E-state index contributed by atoms with van der Waals surface area (Å²) >= 11 is 0. The van der Waals surface area contributed by atoms with Gasteiger partial charge < -0.3 is 20.1 Å². The highest BCUT2D eigenvalue weighted by atomic mass is 127. The van der Waals surface area contributed by atoms with Gasteiger partial charge in [-0.2, -0.15) is 0 Å². The highest BCUT2D eigenvalue weighted by molar-refractivity contribution is 14.0. The molecule has 0 radical (unpaired) electrons. The van der Waals surface area contributed by atoms with Crippen LogP contribution in [0, 0.1) is 6.92 Å². The molecule has 152 valence electrons. The standard InChI is InChI=1S/C19H33N7.HI/c1-14-23-24-18(25(14)2)13-20-19(21-15-7-8-15)22-16-9-11-26(12-10-16)17-5-3-4-6-17;/h15-17H,3-13H2,1-2H3,(H2,20,21,22);1H. The normalized spacial score (nSPS) is 22.7. The number of aromatic nitrogens is 3. The molecule has 0 unspecified atom stereocenters. The van der Waals surface area contributed by atoms with Gasteiger partial charge in [0.15, 0.2) is 11.8 Å². The van der Waals surface area contributed by atoms with E-state index in [9.17, 15) is 0 Å². The van der Waals surface area contributed by atoms with E-state index in [4.69, 9.17) is 4.99 Å². The van der Waals surface area contributed by atoms with Gasteiger partial charge in [0.2, 0.25) is 0 Å². The molecule has 0 amide bonds. The fourth-order valence-corrected chi connectivity index (χ4v) is 4.16. The predicted molar refractivity (Wildman–Crippen MR) is 118 cm³/mol. The first-order chi connectivity index (χ1) is 12.7. The van der Waals surface area contributed by atoms with Crippen molar-refractivity contribution >= 4 is 29.9 Å². The van der Waals surface area contributed by atoms with Crippen LogP contribution < -0.4 is 10.6 Å². The predicted octanol–water partition coefficient (Wildman–Crippen LogP) is 2.35. The number of hydrogen-bond acceptors (Lipinski definition) is 4. The number of likely N-dealkylation sites (tertiary alicyclic amines) is 1. The van der Waals surface area contributed by atoms with Crippen molar-refractivity contribution in [2.75, 3.05) is 13.1 Å². The van der Waals surface area contributed by atoms with E-state index in [2.05, 4.69) is 25.7 Å². The highest BCUT2D eigenvalue weighted by Gasteiger charge is 2.28. The SMILES string of the molecule is Cc1nnc(CN=C(NC2CC2)NC2CCN(C3CCCC3)CC2)n1C.I. The van der Waals surface area contributed by atoms with Crippen LogP contribution in [0.2, 0.25) is 0 Å². The van der Waals surface area contributed by atoms with Crippen molar-refractivity contribution in [2.45, 2.75) is 83.0 Å². The van der Waals surface area contributed by atoms with E-state index in [0.717, 1.165) is 23.7 Å². The summed E-state index contributed by atoms with van der Waals surface area (Å²) in [6.07, 6.45) is 10.6. The van der Waals surface area contributed by atoms with Gasteiger partial charge in [-0.15, -0.1) is 34.2 Å². The number of aliphatic imine (C=N–C) groups is 1. The van der Waals surface area contributed by atoms with E-state index < -0.39 is 0 Å². The number of hydrogen-bond donors (Lipinski definition) is 2. The number of aryl methyl sites for hydroxylation is 1. The van der Waals surface area contributed by atoms with E-state index in [1.165, 1.54) is 64.5 Å². The molecule has 2 aliphatic carbocycles. The van der Waals surface area contributed by atoms with E-state index in [-0.39, 0.29) is 24.0 Å². The zero-order valence-corrected chi connectivity index (χ0v) is 19.0. The molecule has 3 fully saturated rings. The molecule has 27 heavy (non-hydrogen) atoms. The molecule has 0 atom stereocenters. The maximum atomic E-state index is 4.80. The maximum absolute atomic E-state index is 4.80. The molecule has 1 aliphatic heterocycles. The number of nitrogens with zero attached hydrogens (tertiary/aromatic N) is 5. The summed E-state index contributed by atoms with van der Waals surface area (Å²) < 4.78 is 2.01. The first-order valence-corrected chi connectivity index (χ1v) is 10.4. The molecule has 8 heteroatoms. The quantitative estimate of drug-likeness (QED) is 0.379. The van der Waals surface area contributed by atoms with Crippen molar-refractivity contribution in [3.63, 3.8) is 0 Å². The molecule has 0 aromatic carbocycles. The molecule has 0 spiro atoms. The summed E-state index contributed by atoms with van der Waals surface area (Å²) in [6, 6.07) is 1.98. The Morgan fingerprint density at radius 3 is 2.19 bits per heavy atom. The van der Waals surface area contributed by atoms with Gasteiger partial charge in [0.25, 0.3) is 0 Å². The Bertz CT molecular complexity index is 626. The molecule has 7 nitrogen and oxygen atoms in total. The van der Waals surface area contributed by atoms with Crippen LogP contribution in [0.4, 0.5) is 0 Å². The summed E-state index contributed by atoms with van der Waals surface area (Å²) in [6.45, 7) is 4.99. The van der Waals surface area contributed by atoms with Crippen LogP contribution in [-0.4, -0.2) is 56.8 Å². The zero-order chi connectivity index (χ0) is 17.9. The van der Waals surface area contributed by atoms with Crippen LogP contribution in [0.3, 0.4) is 0 Å². The van der Waals surface area contributed by atoms with Gasteiger partial charge in [-0.3, -0.25) is 0 Å². The summed E-state index contributed by atoms with van der Waals surface area (Å²) in [5.41, 5.74) is 0. The third-order valence-corrected chi connectivity index (χ3v) is 6.19. The average molecular weight is 487 g/mol. The van der Waals surface area contributed by atoms with Crippen molar-refractivity contribution in [3.8, 4) is 0 Å². The second-order valence-electron chi connectivity index (χ2n) is 8.20. The minimum Gasteiger partial charge on any atom is -0.354 e. The molecule has 2 saturated carbocycles. The smallest absolute Gasteiger partial charge is 0.192 e. The fourth-order valence-electron chi connectivity index (χ4n) is 4.16. The summed E-state index contributed by atoms with van der Waals surface area (Å²) in [5, 5.41) is 15.6. The monoisotopic (exact) mass is 487 g/mol. The van der Waals surface area contributed by atoms with Crippen LogP contribution in [0.1, 0.15) is 63.0 Å². The Balaban J connectivity index is 0.00000210. The summed E-state index contributed by atoms with van der Waals surface area (Å²) in [4.78, 5) is 7.52. The first kappa shape index (κ1) is 20.8. The highest BCUT2D eigenvalue weighted by Crippen LogP contribution is 2.26. The Labute approximate surface area is 179 Å². The van der Waals surface area contributed by atoms with Crippen molar-refractivity contribution in [3.05, 3.63) is 11.6 Å². The summed E-state index contributed by atoms with van der Waals surface area (Å²) in [5.74, 6) is 2.79. The number of rotatable bonds is 5. The van der Waals surface area contributed by atoms with Gasteiger partial charge in [0, 0.05) is 38.3 Å². The lowest BCUT2D eigenvalue weighted by atomic mass is 10.0. The van der Waals surface area contributed by atoms with Crippen LogP contribution in [0.25, 0.3) is 0 Å². The van der Waals surface area contributed by atoms with E-state index in [0.29, 0.717) is 18.6 Å². The molecule has 1 aromatic heterocycles. The Hall–Kier alpha value is -0.900. The van der Waals surface area contributed by atoms with Crippen LogP contribution in [-0.2, 0) is 13.6 Å². The minimum atomic E-state index is 0. The molecule has 1 saturated heterocycles. The van der Waals surface area contributed by atoms with Crippen molar-refractivity contribution in [1.82, 2.24) is 30.3 Å². The lowest BCUT2D eigenvalue weighted by Crippen LogP contribution is -2.50. The van der Waals surface area contributed by atoms with Crippen LogP contribution in [0.15, 0.2) is 4.99 Å². The minimum absolute atomic E-state index is 0. The Morgan fingerprint density at radius 2 is 1.63 bits per heavy atom. The lowest BCUT2D eigenvalue weighted by molar-refractivity contribution is 0.150. The number of piperidine rings is 1. The molecule has 3 aliphatic rings. The molecule has 1 aromatic rings. The van der Waals surface area contributed by atoms with Gasteiger partial charge in [-0.1, -0.05) is 12.8 Å². The van der Waals surface area contributed by atoms with Crippen LogP contribution >= 0.6 is 24.0 Å². The number of guanidine groups is 1. The lowest BCUT2D eigenvalue weighted by Gasteiger charge is -2.36. The van der Waals surface area contributed by atoms with E-state index in [1.807, 2.05) is 18.5 Å². The van der Waals surface area contributed by atoms with Crippen molar-refractivity contribution in [2.24, 2.45) is 12.0 Å². The van der Waals surface area contributed by atoms with Crippen LogP contribution in [0.5, 0.6) is 0 Å². The number of halogens is 1. The Kier molecular flexibility index (Phi) is 7.35. The average Bonchev–Trinajstić information content (AvgIpc) is 3.18. The summed E-state index contributed by atoms with van der Waals surface area (Å²) in [7, 11) is 2.00. The molecule has 2 heterocycles. The van der Waals surface area contributed by atoms with Gasteiger partial charge in [0.1, 0.15) is 12.4 Å². The van der Waals surface area contributed by atoms with Gasteiger partial charge in [-0.25, -0.2) is 4.99 Å². The third kappa shape index (κ3) is 5.56. The third-order valence-electron chi connectivity index (χ3n) is 6.19. The molecule has 0 bridgehead atoms. The molecule has 4 rings (SSSR count). The molecular weight excluding hydrogens is 453 g/mol. The zero-order valence-electron chi connectivity index (χ0n) is 16.7. The fraction of sp³-hybridized carbons (Fsp3) is 0.842.